The van der Waals surface area contributed by atoms with E-state index in [4.69, 9.17) is 15.6 Å². The zero-order valence-corrected chi connectivity index (χ0v) is 8.58. The molecule has 0 aliphatic heterocycles. The van der Waals surface area contributed by atoms with Crippen molar-refractivity contribution in [1.82, 2.24) is 4.98 Å². The van der Waals surface area contributed by atoms with Crippen LogP contribution in [0.15, 0.2) is 35.3 Å². The van der Waals surface area contributed by atoms with Gasteiger partial charge in [0.1, 0.15) is 12.0 Å². The third-order valence-corrected chi connectivity index (χ3v) is 2.21. The fraction of sp³-hybridized carbons (Fsp3) is 0. The maximum absolute atomic E-state index is 10.6. The van der Waals surface area contributed by atoms with Gasteiger partial charge in [-0.25, -0.2) is 4.98 Å². The minimum Gasteiger partial charge on any atom is -0.451 e. The summed E-state index contributed by atoms with van der Waals surface area (Å²) in [5.41, 5.74) is 6.35. The normalized spacial score (nSPS) is 10.1. The number of nitrogen functional groups attached to an aromatic ring is 1. The van der Waals surface area contributed by atoms with Crippen LogP contribution in [0.2, 0.25) is 0 Å². The van der Waals surface area contributed by atoms with Gasteiger partial charge in [-0.15, -0.1) is 0 Å². The van der Waals surface area contributed by atoms with Gasteiger partial charge in [-0.05, 0) is 6.07 Å². The van der Waals surface area contributed by atoms with Crippen molar-refractivity contribution in [1.29, 1.82) is 5.41 Å². The van der Waals surface area contributed by atoms with E-state index in [-0.39, 0.29) is 28.3 Å². The first-order valence-electron chi connectivity index (χ1n) is 4.61. The molecule has 0 aliphatic rings. The van der Waals surface area contributed by atoms with Gasteiger partial charge >= 0.3 is 0 Å². The Hall–Kier alpha value is -2.70. The topological polar surface area (TPSA) is 119 Å². The van der Waals surface area contributed by atoms with Crippen LogP contribution in [0, 0.1) is 15.5 Å². The van der Waals surface area contributed by atoms with Crippen LogP contribution in [-0.4, -0.2) is 15.6 Å². The van der Waals surface area contributed by atoms with E-state index in [0.29, 0.717) is 0 Å². The smallest absolute Gasteiger partial charge is 0.270 e. The molecule has 17 heavy (non-hydrogen) atoms. The van der Waals surface area contributed by atoms with Crippen molar-refractivity contribution in [3.8, 4) is 0 Å². The van der Waals surface area contributed by atoms with E-state index in [1.54, 1.807) is 0 Å². The molecule has 0 fully saturated rings. The Balaban J connectivity index is 2.48. The quantitative estimate of drug-likeness (QED) is 0.360. The van der Waals surface area contributed by atoms with Crippen LogP contribution in [0.1, 0.15) is 11.3 Å². The Bertz CT molecular complexity index is 577. The van der Waals surface area contributed by atoms with E-state index in [1.807, 2.05) is 0 Å². The second-order valence-corrected chi connectivity index (χ2v) is 3.28. The molecular weight excluding hydrogens is 224 g/mol. The number of hydrogen-bond acceptors (Lipinski definition) is 6. The minimum absolute atomic E-state index is 0.0139. The predicted octanol–water partition coefficient (Wildman–Crippen LogP) is 1.58. The number of rotatable bonds is 3. The summed E-state index contributed by atoms with van der Waals surface area (Å²) in [5, 5.41) is 18.5. The number of nitro benzene ring substituents is 1. The van der Waals surface area contributed by atoms with Crippen molar-refractivity contribution in [2.75, 3.05) is 5.73 Å². The highest BCUT2D eigenvalue weighted by atomic mass is 16.6. The second-order valence-electron chi connectivity index (χ2n) is 3.28. The van der Waals surface area contributed by atoms with Gasteiger partial charge < -0.3 is 10.2 Å². The van der Waals surface area contributed by atoms with E-state index in [2.05, 4.69) is 4.98 Å². The third kappa shape index (κ3) is 1.98. The molecule has 0 saturated heterocycles. The lowest BCUT2D eigenvalue weighted by molar-refractivity contribution is -0.384. The zero-order chi connectivity index (χ0) is 12.4. The average Bonchev–Trinajstić information content (AvgIpc) is 2.81. The summed E-state index contributed by atoms with van der Waals surface area (Å²) in [6.45, 7) is 0. The minimum atomic E-state index is -0.543. The van der Waals surface area contributed by atoms with Crippen molar-refractivity contribution >= 4 is 17.1 Å². The SMILES string of the molecule is N=C(c1cocn1)c1cc([N+](=O)[O-])ccc1N. The standard InChI is InChI=1S/C10H8N4O3/c11-8-2-1-6(14(15)16)3-7(8)10(12)9-4-17-5-13-9/h1-5,12H,11H2. The molecule has 0 radical (unpaired) electrons. The first kappa shape index (κ1) is 10.8. The molecule has 7 nitrogen and oxygen atoms in total. The van der Waals surface area contributed by atoms with Gasteiger partial charge in [0.05, 0.1) is 10.6 Å². The van der Waals surface area contributed by atoms with Crippen LogP contribution in [0.5, 0.6) is 0 Å². The lowest BCUT2D eigenvalue weighted by atomic mass is 10.1. The zero-order valence-electron chi connectivity index (χ0n) is 8.58. The highest BCUT2D eigenvalue weighted by Gasteiger charge is 2.15. The summed E-state index contributed by atoms with van der Waals surface area (Å²) in [5.74, 6) is 0. The molecule has 7 heteroatoms. The van der Waals surface area contributed by atoms with Gasteiger partial charge in [0.25, 0.3) is 5.69 Å². The number of nitrogens with two attached hydrogens (primary N) is 1. The summed E-state index contributed by atoms with van der Waals surface area (Å²) >= 11 is 0. The fourth-order valence-electron chi connectivity index (χ4n) is 1.35. The van der Waals surface area contributed by atoms with Gasteiger partial charge in [-0.3, -0.25) is 15.5 Å². The molecule has 0 bridgehead atoms. The molecule has 0 atom stereocenters. The first-order valence-corrected chi connectivity index (χ1v) is 4.61. The third-order valence-electron chi connectivity index (χ3n) is 2.21. The monoisotopic (exact) mass is 232 g/mol. The van der Waals surface area contributed by atoms with E-state index in [1.165, 1.54) is 30.9 Å². The fourth-order valence-corrected chi connectivity index (χ4v) is 1.35. The Morgan fingerprint density at radius 3 is 2.88 bits per heavy atom. The maximum atomic E-state index is 10.6. The molecule has 0 spiro atoms. The van der Waals surface area contributed by atoms with Gasteiger partial charge in [0.15, 0.2) is 6.39 Å². The molecule has 0 amide bonds. The number of nitrogens with zero attached hydrogens (tertiary/aromatic N) is 2. The van der Waals surface area contributed by atoms with Crippen LogP contribution < -0.4 is 5.73 Å². The van der Waals surface area contributed by atoms with Crippen molar-refractivity contribution in [2.45, 2.75) is 0 Å². The highest BCUT2D eigenvalue weighted by Crippen LogP contribution is 2.21. The second kappa shape index (κ2) is 4.05. The number of hydrogen-bond donors (Lipinski definition) is 2. The predicted molar refractivity (Wildman–Crippen MR) is 59.9 cm³/mol. The van der Waals surface area contributed by atoms with Crippen LogP contribution in [-0.2, 0) is 0 Å². The first-order chi connectivity index (χ1) is 8.09. The molecular formula is C10H8N4O3. The van der Waals surface area contributed by atoms with Crippen molar-refractivity contribution < 1.29 is 9.34 Å². The van der Waals surface area contributed by atoms with E-state index < -0.39 is 4.92 Å². The highest BCUT2D eigenvalue weighted by molar-refractivity contribution is 6.12. The van der Waals surface area contributed by atoms with Gasteiger partial charge in [0, 0.05) is 23.4 Å². The molecule has 0 saturated carbocycles. The number of oxazole rings is 1. The summed E-state index contributed by atoms with van der Waals surface area (Å²) in [7, 11) is 0. The van der Waals surface area contributed by atoms with Crippen LogP contribution in [0.4, 0.5) is 11.4 Å². The lowest BCUT2D eigenvalue weighted by Gasteiger charge is -2.04. The lowest BCUT2D eigenvalue weighted by Crippen LogP contribution is -2.06. The van der Waals surface area contributed by atoms with Gasteiger partial charge in [-0.1, -0.05) is 0 Å². The number of aromatic nitrogens is 1. The molecule has 0 aliphatic carbocycles. The molecule has 1 aromatic carbocycles. The van der Waals surface area contributed by atoms with Crippen LogP contribution >= 0.6 is 0 Å². The average molecular weight is 232 g/mol. The Morgan fingerprint density at radius 1 is 1.53 bits per heavy atom. The van der Waals surface area contributed by atoms with Crippen molar-refractivity contribution in [2.24, 2.45) is 0 Å². The molecule has 1 aromatic heterocycles. The van der Waals surface area contributed by atoms with Crippen molar-refractivity contribution in [3.05, 3.63) is 52.2 Å². The number of nitro groups is 1. The molecule has 3 N–H and O–H groups in total. The Kier molecular flexibility index (Phi) is 2.57. The molecule has 2 aromatic rings. The number of nitrogens with one attached hydrogen (secondary N) is 1. The Labute approximate surface area is 95.5 Å². The van der Waals surface area contributed by atoms with Crippen LogP contribution in [0.25, 0.3) is 0 Å². The van der Waals surface area contributed by atoms with E-state index in [9.17, 15) is 10.1 Å². The number of anilines is 1. The summed E-state index contributed by atoms with van der Waals surface area (Å²) in [6.07, 6.45) is 2.46. The van der Waals surface area contributed by atoms with E-state index in [0.717, 1.165) is 0 Å². The summed E-state index contributed by atoms with van der Waals surface area (Å²) < 4.78 is 4.75. The van der Waals surface area contributed by atoms with Crippen LogP contribution in [0.3, 0.4) is 0 Å². The maximum Gasteiger partial charge on any atom is 0.270 e. The number of benzene rings is 1. The molecule has 2 rings (SSSR count). The number of non-ortho nitro benzene ring substituents is 1. The van der Waals surface area contributed by atoms with Crippen molar-refractivity contribution in [3.63, 3.8) is 0 Å². The molecule has 86 valence electrons. The van der Waals surface area contributed by atoms with Gasteiger partial charge in [-0.2, -0.15) is 0 Å². The van der Waals surface area contributed by atoms with Gasteiger partial charge in [0.2, 0.25) is 0 Å². The summed E-state index contributed by atoms with van der Waals surface area (Å²) in [6, 6.07) is 3.92. The molecule has 0 unspecified atom stereocenters. The molecule has 1 heterocycles. The largest absolute Gasteiger partial charge is 0.451 e. The summed E-state index contributed by atoms with van der Waals surface area (Å²) in [4.78, 5) is 13.9. The van der Waals surface area contributed by atoms with E-state index >= 15 is 0 Å². The Morgan fingerprint density at radius 2 is 2.29 bits per heavy atom.